The molecule has 0 aliphatic carbocycles. The Balaban J connectivity index is 1.99. The van der Waals surface area contributed by atoms with Crippen LogP contribution in [0.2, 0.25) is 0 Å². The first-order chi connectivity index (χ1) is 9.97. The molecule has 0 aliphatic rings. The van der Waals surface area contributed by atoms with Crippen molar-refractivity contribution in [3.05, 3.63) is 63.4 Å². The highest BCUT2D eigenvalue weighted by Gasteiger charge is 2.09. The highest BCUT2D eigenvalue weighted by atomic mass is 79.9. The van der Waals surface area contributed by atoms with Crippen molar-refractivity contribution >= 4 is 27.5 Å². The van der Waals surface area contributed by atoms with Gasteiger partial charge in [0.15, 0.2) is 0 Å². The van der Waals surface area contributed by atoms with Crippen molar-refractivity contribution < 1.29 is 9.18 Å². The first kappa shape index (κ1) is 15.7. The van der Waals surface area contributed by atoms with E-state index in [9.17, 15) is 9.18 Å². The van der Waals surface area contributed by atoms with Crippen LogP contribution < -0.4 is 5.32 Å². The lowest BCUT2D eigenvalue weighted by molar-refractivity contribution is -0.116. The zero-order valence-electron chi connectivity index (χ0n) is 12.0. The molecule has 0 spiro atoms. The Hall–Kier alpha value is -1.68. The van der Waals surface area contributed by atoms with E-state index in [1.807, 2.05) is 38.1 Å². The lowest BCUT2D eigenvalue weighted by atomic mass is 10.0. The number of carbonyl (C=O) groups is 1. The second-order valence-electron chi connectivity index (χ2n) is 5.06. The molecule has 2 rings (SSSR count). The summed E-state index contributed by atoms with van der Waals surface area (Å²) in [6.07, 6.45) is 1.05. The lowest BCUT2D eigenvalue weighted by Crippen LogP contribution is -2.13. The summed E-state index contributed by atoms with van der Waals surface area (Å²) in [5.41, 5.74) is 3.68. The summed E-state index contributed by atoms with van der Waals surface area (Å²) in [6, 6.07) is 11.0. The minimum absolute atomic E-state index is 0.108. The Kier molecular flexibility index (Phi) is 5.12. The molecule has 2 nitrogen and oxygen atoms in total. The number of hydrogen-bond donors (Lipinski definition) is 1. The maximum atomic E-state index is 13.5. The third-order valence-corrected chi connectivity index (χ3v) is 4.03. The summed E-state index contributed by atoms with van der Waals surface area (Å²) in [6.45, 7) is 3.86. The Morgan fingerprint density at radius 1 is 1.19 bits per heavy atom. The van der Waals surface area contributed by atoms with Crippen molar-refractivity contribution in [1.82, 2.24) is 0 Å². The predicted octanol–water partition coefficient (Wildman–Crippen LogP) is 4.78. The fraction of sp³-hybridized carbons (Fsp3) is 0.235. The van der Waals surface area contributed by atoms with Crippen molar-refractivity contribution in [1.29, 1.82) is 0 Å². The average molecular weight is 350 g/mol. The summed E-state index contributed by atoms with van der Waals surface area (Å²) >= 11 is 3.13. The van der Waals surface area contributed by atoms with Gasteiger partial charge >= 0.3 is 0 Å². The van der Waals surface area contributed by atoms with Crippen LogP contribution >= 0.6 is 15.9 Å². The van der Waals surface area contributed by atoms with Crippen LogP contribution in [-0.4, -0.2) is 5.91 Å². The predicted molar refractivity (Wildman–Crippen MR) is 87.0 cm³/mol. The molecule has 4 heteroatoms. The van der Waals surface area contributed by atoms with Gasteiger partial charge in [-0.15, -0.1) is 0 Å². The summed E-state index contributed by atoms with van der Waals surface area (Å²) in [7, 11) is 0. The number of amides is 1. The first-order valence-electron chi connectivity index (χ1n) is 6.77. The van der Waals surface area contributed by atoms with Crippen LogP contribution in [-0.2, 0) is 11.2 Å². The number of benzene rings is 2. The molecule has 0 bridgehead atoms. The minimum atomic E-state index is -0.380. The summed E-state index contributed by atoms with van der Waals surface area (Å²) in [5.74, 6) is -0.488. The second kappa shape index (κ2) is 6.85. The molecule has 0 saturated heterocycles. The van der Waals surface area contributed by atoms with E-state index in [4.69, 9.17) is 0 Å². The molecule has 0 fully saturated rings. The largest absolute Gasteiger partial charge is 0.326 e. The van der Waals surface area contributed by atoms with E-state index in [0.29, 0.717) is 23.0 Å². The van der Waals surface area contributed by atoms with Gasteiger partial charge in [0, 0.05) is 12.1 Å². The molecule has 0 atom stereocenters. The number of halogens is 2. The van der Waals surface area contributed by atoms with Crippen LogP contribution in [0.5, 0.6) is 0 Å². The van der Waals surface area contributed by atoms with Crippen molar-refractivity contribution in [2.75, 3.05) is 5.32 Å². The maximum Gasteiger partial charge on any atom is 0.224 e. The Bertz CT molecular complexity index is 670. The second-order valence-corrected chi connectivity index (χ2v) is 5.91. The average Bonchev–Trinajstić information content (AvgIpc) is 2.44. The molecule has 0 aromatic heterocycles. The van der Waals surface area contributed by atoms with Gasteiger partial charge in [-0.25, -0.2) is 4.39 Å². The monoisotopic (exact) mass is 349 g/mol. The third-order valence-electron chi connectivity index (χ3n) is 3.42. The third kappa shape index (κ3) is 4.14. The van der Waals surface area contributed by atoms with Crippen molar-refractivity contribution in [2.24, 2.45) is 0 Å². The molecular weight excluding hydrogens is 333 g/mol. The van der Waals surface area contributed by atoms with E-state index in [2.05, 4.69) is 21.2 Å². The van der Waals surface area contributed by atoms with Crippen LogP contribution in [0.1, 0.15) is 23.1 Å². The molecule has 1 N–H and O–H groups in total. The van der Waals surface area contributed by atoms with Crippen LogP contribution in [0.4, 0.5) is 10.1 Å². The summed E-state index contributed by atoms with van der Waals surface area (Å²) in [5, 5.41) is 2.77. The van der Waals surface area contributed by atoms with E-state index < -0.39 is 0 Å². The van der Waals surface area contributed by atoms with E-state index in [0.717, 1.165) is 11.1 Å². The van der Waals surface area contributed by atoms with Crippen LogP contribution in [0.25, 0.3) is 0 Å². The fourth-order valence-corrected chi connectivity index (χ4v) is 2.59. The highest BCUT2D eigenvalue weighted by Crippen LogP contribution is 2.24. The molecule has 110 valence electrons. The molecule has 21 heavy (non-hydrogen) atoms. The molecule has 0 unspecified atom stereocenters. The zero-order valence-corrected chi connectivity index (χ0v) is 13.6. The van der Waals surface area contributed by atoms with Gasteiger partial charge in [-0.1, -0.05) is 24.3 Å². The zero-order chi connectivity index (χ0) is 15.4. The SMILES string of the molecule is Cc1ccccc1CCC(=O)Nc1cc(F)c(Br)cc1C. The van der Waals surface area contributed by atoms with Crippen LogP contribution in [0.3, 0.4) is 0 Å². The number of rotatable bonds is 4. The van der Waals surface area contributed by atoms with Gasteiger partial charge in [0.1, 0.15) is 5.82 Å². The van der Waals surface area contributed by atoms with E-state index in [-0.39, 0.29) is 11.7 Å². The van der Waals surface area contributed by atoms with Crippen molar-refractivity contribution in [3.63, 3.8) is 0 Å². The molecule has 1 amide bonds. The van der Waals surface area contributed by atoms with E-state index >= 15 is 0 Å². The van der Waals surface area contributed by atoms with Gasteiger partial charge in [0.2, 0.25) is 5.91 Å². The van der Waals surface area contributed by atoms with E-state index in [1.54, 1.807) is 6.07 Å². The summed E-state index contributed by atoms with van der Waals surface area (Å²) in [4.78, 5) is 12.0. The smallest absolute Gasteiger partial charge is 0.224 e. The Labute approximate surface area is 132 Å². The Morgan fingerprint density at radius 3 is 2.62 bits per heavy atom. The lowest BCUT2D eigenvalue weighted by Gasteiger charge is -2.10. The number of hydrogen-bond acceptors (Lipinski definition) is 1. The van der Waals surface area contributed by atoms with Crippen LogP contribution in [0, 0.1) is 19.7 Å². The molecule has 0 saturated carbocycles. The number of aryl methyl sites for hydroxylation is 3. The van der Waals surface area contributed by atoms with Gasteiger partial charge in [-0.05, 0) is 65.0 Å². The molecule has 2 aromatic rings. The van der Waals surface area contributed by atoms with Crippen molar-refractivity contribution in [2.45, 2.75) is 26.7 Å². The first-order valence-corrected chi connectivity index (χ1v) is 7.56. The topological polar surface area (TPSA) is 29.1 Å². The minimum Gasteiger partial charge on any atom is -0.326 e. The Morgan fingerprint density at radius 2 is 1.90 bits per heavy atom. The normalized spacial score (nSPS) is 10.5. The van der Waals surface area contributed by atoms with Gasteiger partial charge in [0.05, 0.1) is 4.47 Å². The van der Waals surface area contributed by atoms with Gasteiger partial charge in [-0.2, -0.15) is 0 Å². The fourth-order valence-electron chi connectivity index (χ4n) is 2.13. The van der Waals surface area contributed by atoms with Gasteiger partial charge in [0.25, 0.3) is 0 Å². The van der Waals surface area contributed by atoms with Gasteiger partial charge in [-0.3, -0.25) is 4.79 Å². The standard InChI is InChI=1S/C17H17BrFNO/c1-11-5-3-4-6-13(11)7-8-17(21)20-16-10-15(19)14(18)9-12(16)2/h3-6,9-10H,7-8H2,1-2H3,(H,20,21). The maximum absolute atomic E-state index is 13.5. The van der Waals surface area contributed by atoms with Crippen LogP contribution in [0.15, 0.2) is 40.9 Å². The number of anilines is 1. The molecular formula is C17H17BrFNO. The number of carbonyl (C=O) groups excluding carboxylic acids is 1. The number of nitrogens with one attached hydrogen (secondary N) is 1. The molecule has 0 radical (unpaired) electrons. The van der Waals surface area contributed by atoms with E-state index in [1.165, 1.54) is 11.6 Å². The highest BCUT2D eigenvalue weighted by molar-refractivity contribution is 9.10. The molecule has 0 aliphatic heterocycles. The molecule has 0 heterocycles. The molecule has 2 aromatic carbocycles. The quantitative estimate of drug-likeness (QED) is 0.845. The van der Waals surface area contributed by atoms with Crippen molar-refractivity contribution in [3.8, 4) is 0 Å². The van der Waals surface area contributed by atoms with Gasteiger partial charge < -0.3 is 5.32 Å². The summed E-state index contributed by atoms with van der Waals surface area (Å²) < 4.78 is 13.9.